The summed E-state index contributed by atoms with van der Waals surface area (Å²) in [5.41, 5.74) is 4.76. The minimum absolute atomic E-state index is 0.190. The van der Waals surface area contributed by atoms with Crippen LogP contribution in [-0.4, -0.2) is 57.8 Å². The van der Waals surface area contributed by atoms with Gasteiger partial charge in [-0.25, -0.2) is 13.2 Å². The molecular weight excluding hydrogens is 573 g/mol. The van der Waals surface area contributed by atoms with E-state index in [1.165, 1.54) is 0 Å². The Hall–Kier alpha value is -4.10. The summed E-state index contributed by atoms with van der Waals surface area (Å²) in [5.74, 6) is -3.02. The Labute approximate surface area is 242 Å². The second kappa shape index (κ2) is 14.2. The Bertz CT molecular complexity index is 1490. The number of nitrogens with one attached hydrogen (secondary N) is 3. The summed E-state index contributed by atoms with van der Waals surface area (Å²) in [4.78, 5) is 24.2. The molecule has 0 aromatic heterocycles. The predicted octanol–water partition coefficient (Wildman–Crippen LogP) is 4.33. The highest BCUT2D eigenvalue weighted by Crippen LogP contribution is 2.30. The Morgan fingerprint density at radius 2 is 1.62 bits per heavy atom. The zero-order valence-electron chi connectivity index (χ0n) is 23.2. The lowest BCUT2D eigenvalue weighted by molar-refractivity contribution is -0.192. The highest BCUT2D eigenvalue weighted by Gasteiger charge is 2.38. The number of amides is 1. The number of sulfonamides is 1. The second-order valence-electron chi connectivity index (χ2n) is 9.55. The summed E-state index contributed by atoms with van der Waals surface area (Å²) in [6, 6.07) is 20.0. The van der Waals surface area contributed by atoms with Crippen LogP contribution in [0.4, 0.5) is 24.5 Å². The van der Waals surface area contributed by atoms with Crippen LogP contribution in [0.2, 0.25) is 0 Å². The van der Waals surface area contributed by atoms with E-state index in [1.54, 1.807) is 24.3 Å². The Morgan fingerprint density at radius 3 is 2.19 bits per heavy atom. The molecule has 1 aliphatic heterocycles. The fraction of sp³-hybridized carbons (Fsp3) is 0.310. The molecule has 42 heavy (non-hydrogen) atoms. The van der Waals surface area contributed by atoms with E-state index in [-0.39, 0.29) is 10.8 Å². The lowest BCUT2D eigenvalue weighted by Crippen LogP contribution is -2.43. The van der Waals surface area contributed by atoms with Crippen molar-refractivity contribution in [2.24, 2.45) is 0 Å². The van der Waals surface area contributed by atoms with Crippen LogP contribution in [0.1, 0.15) is 34.0 Å². The number of carbonyl (C=O) groups excluding carboxylic acids is 1. The summed E-state index contributed by atoms with van der Waals surface area (Å²) in [5, 5.41) is 13.4. The van der Waals surface area contributed by atoms with Crippen molar-refractivity contribution in [3.63, 3.8) is 0 Å². The molecule has 0 radical (unpaired) electrons. The maximum absolute atomic E-state index is 13.2. The van der Waals surface area contributed by atoms with Gasteiger partial charge in [-0.05, 0) is 54.8 Å². The highest BCUT2D eigenvalue weighted by molar-refractivity contribution is 7.92. The molecule has 0 aliphatic carbocycles. The number of carboxylic acid groups (broad SMARTS) is 1. The standard InChI is InChI=1S/C27H32N4O3S.C2HF3O2/c1-3-21-7-10-24(11-8-21)35(33,34)30-25-18-23(9-12-26(25)31-15-13-28-14-16-31)27(32)29-19-22-6-4-5-20(2)17-22;3-2(4,5)1(6)7/h4-12,17-18,28,30H,3,13-16,19H2,1-2H3,(H,29,32);(H,6,7). The third-order valence-corrected chi connectivity index (χ3v) is 7.76. The van der Waals surface area contributed by atoms with Gasteiger partial charge in [0.15, 0.2) is 0 Å². The van der Waals surface area contributed by atoms with Crippen molar-refractivity contribution in [2.45, 2.75) is 37.9 Å². The van der Waals surface area contributed by atoms with Gasteiger partial charge >= 0.3 is 12.1 Å². The molecule has 1 fully saturated rings. The summed E-state index contributed by atoms with van der Waals surface area (Å²) in [7, 11) is -3.83. The van der Waals surface area contributed by atoms with Gasteiger partial charge in [-0.2, -0.15) is 13.2 Å². The zero-order chi connectivity index (χ0) is 30.9. The van der Waals surface area contributed by atoms with Crippen molar-refractivity contribution in [1.29, 1.82) is 0 Å². The number of halogens is 3. The molecule has 1 saturated heterocycles. The maximum Gasteiger partial charge on any atom is 0.490 e. The second-order valence-corrected chi connectivity index (χ2v) is 11.2. The van der Waals surface area contributed by atoms with Gasteiger partial charge in [0.25, 0.3) is 15.9 Å². The first-order chi connectivity index (χ1) is 19.8. The number of alkyl halides is 3. The van der Waals surface area contributed by atoms with E-state index in [1.807, 2.05) is 56.3 Å². The largest absolute Gasteiger partial charge is 0.490 e. The molecule has 4 rings (SSSR count). The normalized spacial score (nSPS) is 13.5. The molecular formula is C29H33F3N4O5S. The van der Waals surface area contributed by atoms with Gasteiger partial charge in [0, 0.05) is 38.3 Å². The maximum atomic E-state index is 13.2. The van der Waals surface area contributed by atoms with Crippen LogP contribution in [0.15, 0.2) is 71.6 Å². The third-order valence-electron chi connectivity index (χ3n) is 6.38. The first-order valence-electron chi connectivity index (χ1n) is 13.2. The number of hydrogen-bond donors (Lipinski definition) is 4. The van der Waals surface area contributed by atoms with Crippen LogP contribution in [0.3, 0.4) is 0 Å². The number of carboxylic acids is 1. The third kappa shape index (κ3) is 9.21. The molecule has 0 atom stereocenters. The molecule has 1 aliphatic rings. The van der Waals surface area contributed by atoms with Gasteiger partial charge < -0.3 is 20.6 Å². The number of aryl methyl sites for hydroxylation is 2. The molecule has 3 aromatic carbocycles. The molecule has 1 amide bonds. The van der Waals surface area contributed by atoms with Crippen molar-refractivity contribution < 1.29 is 36.3 Å². The van der Waals surface area contributed by atoms with Crippen molar-refractivity contribution in [2.75, 3.05) is 35.8 Å². The van der Waals surface area contributed by atoms with Gasteiger partial charge in [-0.1, -0.05) is 48.9 Å². The summed E-state index contributed by atoms with van der Waals surface area (Å²) in [6.07, 6.45) is -4.25. The molecule has 4 N–H and O–H groups in total. The van der Waals surface area contributed by atoms with E-state index in [4.69, 9.17) is 9.90 Å². The summed E-state index contributed by atoms with van der Waals surface area (Å²) >= 11 is 0. The number of piperazine rings is 1. The average Bonchev–Trinajstić information content (AvgIpc) is 2.96. The number of benzene rings is 3. The molecule has 13 heteroatoms. The number of rotatable bonds is 8. The molecule has 3 aromatic rings. The first-order valence-corrected chi connectivity index (χ1v) is 14.6. The van der Waals surface area contributed by atoms with Crippen LogP contribution in [-0.2, 0) is 27.8 Å². The minimum atomic E-state index is -5.08. The van der Waals surface area contributed by atoms with E-state index in [9.17, 15) is 26.4 Å². The molecule has 0 spiro atoms. The Morgan fingerprint density at radius 1 is 0.976 bits per heavy atom. The van der Waals surface area contributed by atoms with Gasteiger partial charge in [0.2, 0.25) is 0 Å². The van der Waals surface area contributed by atoms with Crippen molar-refractivity contribution in [3.05, 3.63) is 89.0 Å². The SMILES string of the molecule is CCc1ccc(S(=O)(=O)Nc2cc(C(=O)NCc3cccc(C)c3)ccc2N2CCNCC2)cc1.O=C(O)C(F)(F)F. The number of nitrogens with zero attached hydrogens (tertiary/aromatic N) is 1. The van der Waals surface area contributed by atoms with Gasteiger partial charge in [0.1, 0.15) is 0 Å². The van der Waals surface area contributed by atoms with E-state index < -0.39 is 22.2 Å². The smallest absolute Gasteiger partial charge is 0.475 e. The van der Waals surface area contributed by atoms with Crippen molar-refractivity contribution in [1.82, 2.24) is 10.6 Å². The molecule has 0 saturated carbocycles. The lowest BCUT2D eigenvalue weighted by atomic mass is 10.1. The van der Waals surface area contributed by atoms with Gasteiger partial charge in [-0.15, -0.1) is 0 Å². The Balaban J connectivity index is 0.000000616. The van der Waals surface area contributed by atoms with Gasteiger partial charge in [-0.3, -0.25) is 9.52 Å². The van der Waals surface area contributed by atoms with Gasteiger partial charge in [0.05, 0.1) is 16.3 Å². The predicted molar refractivity (Wildman–Crippen MR) is 154 cm³/mol. The number of hydrogen-bond acceptors (Lipinski definition) is 6. The molecule has 9 nitrogen and oxygen atoms in total. The fourth-order valence-electron chi connectivity index (χ4n) is 4.16. The van der Waals surface area contributed by atoms with Crippen molar-refractivity contribution in [3.8, 4) is 0 Å². The topological polar surface area (TPSA) is 128 Å². The number of anilines is 2. The van der Waals surface area contributed by atoms with Crippen LogP contribution in [0.25, 0.3) is 0 Å². The molecule has 0 unspecified atom stereocenters. The zero-order valence-corrected chi connectivity index (χ0v) is 24.0. The first kappa shape index (κ1) is 32.4. The molecule has 0 bridgehead atoms. The molecule has 226 valence electrons. The van der Waals surface area contributed by atoms with Crippen LogP contribution in [0, 0.1) is 6.92 Å². The minimum Gasteiger partial charge on any atom is -0.475 e. The monoisotopic (exact) mass is 606 g/mol. The van der Waals surface area contributed by atoms with Crippen LogP contribution < -0.4 is 20.3 Å². The van der Waals surface area contributed by atoms with Crippen LogP contribution in [0.5, 0.6) is 0 Å². The van der Waals surface area contributed by atoms with E-state index >= 15 is 0 Å². The summed E-state index contributed by atoms with van der Waals surface area (Å²) in [6.45, 7) is 7.54. The summed E-state index contributed by atoms with van der Waals surface area (Å²) < 4.78 is 60.9. The van der Waals surface area contributed by atoms with Crippen molar-refractivity contribution >= 4 is 33.3 Å². The highest BCUT2D eigenvalue weighted by atomic mass is 32.2. The average molecular weight is 607 g/mol. The van der Waals surface area contributed by atoms with E-state index in [2.05, 4.69) is 20.3 Å². The van der Waals surface area contributed by atoms with Crippen LogP contribution >= 0.6 is 0 Å². The fourth-order valence-corrected chi connectivity index (χ4v) is 5.22. The number of carbonyl (C=O) groups is 2. The quantitative estimate of drug-likeness (QED) is 0.301. The van der Waals surface area contributed by atoms with E-state index in [0.717, 1.165) is 55.0 Å². The van der Waals surface area contributed by atoms with E-state index in [0.29, 0.717) is 17.8 Å². The Kier molecular flexibility index (Phi) is 10.9. The number of aliphatic carboxylic acids is 1. The molecule has 1 heterocycles. The lowest BCUT2D eigenvalue weighted by Gasteiger charge is -2.31.